The zero-order valence-corrected chi connectivity index (χ0v) is 12.0. The predicted molar refractivity (Wildman–Crippen MR) is 85.9 cm³/mol. The molecule has 21 heavy (non-hydrogen) atoms. The minimum absolute atomic E-state index is 0.0000849. The smallest absolute Gasteiger partial charge is 0.271 e. The van der Waals surface area contributed by atoms with Gasteiger partial charge in [0.15, 0.2) is 5.11 Å². The van der Waals surface area contributed by atoms with Crippen LogP contribution in [-0.2, 0) is 0 Å². The summed E-state index contributed by atoms with van der Waals surface area (Å²) >= 11 is 5.19. The van der Waals surface area contributed by atoms with E-state index in [1.165, 1.54) is 12.1 Å². The molecule has 0 amide bonds. The number of thiocarbonyl (C=S) groups is 1. The number of nitrogens with zero attached hydrogens (tertiary/aromatic N) is 1. The van der Waals surface area contributed by atoms with Gasteiger partial charge in [0, 0.05) is 17.8 Å². The number of methoxy groups -OCH3 is 1. The minimum atomic E-state index is -0.456. The Morgan fingerprint density at radius 2 is 1.95 bits per heavy atom. The van der Waals surface area contributed by atoms with Gasteiger partial charge in [-0.2, -0.15) is 0 Å². The normalized spacial score (nSPS) is 9.76. The van der Waals surface area contributed by atoms with Gasteiger partial charge in [-0.25, -0.2) is 0 Å². The second-order valence-electron chi connectivity index (χ2n) is 4.09. The van der Waals surface area contributed by atoms with Crippen molar-refractivity contribution in [3.05, 3.63) is 58.6 Å². The summed E-state index contributed by atoms with van der Waals surface area (Å²) in [5, 5.41) is 16.9. The van der Waals surface area contributed by atoms with Crippen molar-refractivity contribution < 1.29 is 9.66 Å². The lowest BCUT2D eigenvalue weighted by atomic mass is 10.3. The van der Waals surface area contributed by atoms with Gasteiger partial charge in [-0.15, -0.1) is 0 Å². The summed E-state index contributed by atoms with van der Waals surface area (Å²) in [4.78, 5) is 10.3. The Labute approximate surface area is 126 Å². The second kappa shape index (κ2) is 6.67. The summed E-state index contributed by atoms with van der Waals surface area (Å²) in [7, 11) is 1.57. The fourth-order valence-electron chi connectivity index (χ4n) is 1.73. The number of hydrogen-bond acceptors (Lipinski definition) is 4. The van der Waals surface area contributed by atoms with Gasteiger partial charge in [0.25, 0.3) is 5.69 Å². The van der Waals surface area contributed by atoms with Crippen molar-refractivity contribution in [1.29, 1.82) is 0 Å². The Hall–Kier alpha value is -2.67. The zero-order valence-electron chi connectivity index (χ0n) is 11.2. The van der Waals surface area contributed by atoms with Crippen molar-refractivity contribution in [2.75, 3.05) is 17.7 Å². The number of para-hydroxylation sites is 2. The Balaban J connectivity index is 2.08. The molecule has 108 valence electrons. The van der Waals surface area contributed by atoms with Crippen molar-refractivity contribution >= 4 is 34.4 Å². The molecule has 0 heterocycles. The molecule has 0 aliphatic rings. The first-order chi connectivity index (χ1) is 10.1. The number of hydrogen-bond donors (Lipinski definition) is 2. The molecule has 0 aliphatic heterocycles. The molecule has 2 rings (SSSR count). The number of anilines is 2. The highest BCUT2D eigenvalue weighted by Crippen LogP contribution is 2.23. The van der Waals surface area contributed by atoms with Gasteiger partial charge in [0.1, 0.15) is 5.75 Å². The standard InChI is InChI=1S/C14H13N3O3S/c1-20-13-8-3-2-7-12(13)16-14(21)15-10-5-4-6-11(9-10)17(18)19/h2-9H,1H3,(H2,15,16,21). The van der Waals surface area contributed by atoms with Crippen molar-refractivity contribution in [3.8, 4) is 5.75 Å². The Morgan fingerprint density at radius 3 is 2.67 bits per heavy atom. The molecule has 0 radical (unpaired) electrons. The summed E-state index contributed by atoms with van der Waals surface area (Å²) < 4.78 is 5.21. The van der Waals surface area contributed by atoms with E-state index >= 15 is 0 Å². The average molecular weight is 303 g/mol. The van der Waals surface area contributed by atoms with Gasteiger partial charge in [-0.3, -0.25) is 10.1 Å². The van der Waals surface area contributed by atoms with Gasteiger partial charge < -0.3 is 15.4 Å². The molecule has 2 aromatic carbocycles. The molecule has 0 aromatic heterocycles. The van der Waals surface area contributed by atoms with Crippen molar-refractivity contribution in [2.24, 2.45) is 0 Å². The summed E-state index contributed by atoms with van der Waals surface area (Å²) in [5.41, 5.74) is 1.25. The van der Waals surface area contributed by atoms with Crippen LogP contribution in [0.5, 0.6) is 5.75 Å². The van der Waals surface area contributed by atoms with Gasteiger partial charge in [-0.05, 0) is 30.4 Å². The number of nitro benzene ring substituents is 1. The van der Waals surface area contributed by atoms with Crippen LogP contribution >= 0.6 is 12.2 Å². The molecular weight excluding hydrogens is 290 g/mol. The van der Waals surface area contributed by atoms with E-state index in [2.05, 4.69) is 10.6 Å². The second-order valence-corrected chi connectivity index (χ2v) is 4.50. The SMILES string of the molecule is COc1ccccc1NC(=S)Nc1cccc([N+](=O)[O-])c1. The summed E-state index contributed by atoms with van der Waals surface area (Å²) in [5.74, 6) is 0.653. The highest BCUT2D eigenvalue weighted by molar-refractivity contribution is 7.80. The first-order valence-electron chi connectivity index (χ1n) is 6.05. The third kappa shape index (κ3) is 3.90. The van der Waals surface area contributed by atoms with Crippen molar-refractivity contribution in [1.82, 2.24) is 0 Å². The van der Waals surface area contributed by atoms with Gasteiger partial charge in [-0.1, -0.05) is 18.2 Å². The summed E-state index contributed by atoms with van der Waals surface area (Å²) in [6.07, 6.45) is 0. The lowest BCUT2D eigenvalue weighted by Gasteiger charge is -2.13. The van der Waals surface area contributed by atoms with Crippen molar-refractivity contribution in [2.45, 2.75) is 0 Å². The molecule has 0 saturated heterocycles. The molecule has 0 atom stereocenters. The van der Waals surface area contributed by atoms with Crippen LogP contribution in [0.25, 0.3) is 0 Å². The van der Waals surface area contributed by atoms with E-state index in [0.29, 0.717) is 22.2 Å². The van der Waals surface area contributed by atoms with Crippen LogP contribution in [0, 0.1) is 10.1 Å². The quantitative estimate of drug-likeness (QED) is 0.512. The molecule has 2 N–H and O–H groups in total. The maximum Gasteiger partial charge on any atom is 0.271 e. The van der Waals surface area contributed by atoms with E-state index in [-0.39, 0.29) is 5.69 Å². The number of benzene rings is 2. The average Bonchev–Trinajstić information content (AvgIpc) is 2.48. The monoisotopic (exact) mass is 303 g/mol. The fourth-order valence-corrected chi connectivity index (χ4v) is 1.96. The van der Waals surface area contributed by atoms with E-state index in [0.717, 1.165) is 0 Å². The van der Waals surface area contributed by atoms with Gasteiger partial charge in [0.05, 0.1) is 17.7 Å². The van der Waals surface area contributed by atoms with E-state index in [4.69, 9.17) is 17.0 Å². The van der Waals surface area contributed by atoms with Crippen LogP contribution in [0.3, 0.4) is 0 Å². The molecule has 0 fully saturated rings. The highest BCUT2D eigenvalue weighted by Gasteiger charge is 2.08. The van der Waals surface area contributed by atoms with Crippen molar-refractivity contribution in [3.63, 3.8) is 0 Å². The highest BCUT2D eigenvalue weighted by atomic mass is 32.1. The number of ether oxygens (including phenoxy) is 1. The first kappa shape index (κ1) is 14.7. The lowest BCUT2D eigenvalue weighted by molar-refractivity contribution is -0.384. The molecule has 0 unspecified atom stereocenters. The minimum Gasteiger partial charge on any atom is -0.495 e. The van der Waals surface area contributed by atoms with E-state index < -0.39 is 4.92 Å². The zero-order chi connectivity index (χ0) is 15.2. The largest absolute Gasteiger partial charge is 0.495 e. The molecule has 0 aliphatic carbocycles. The lowest BCUT2D eigenvalue weighted by Crippen LogP contribution is -2.19. The third-order valence-electron chi connectivity index (χ3n) is 2.67. The summed E-state index contributed by atoms with van der Waals surface area (Å²) in [6, 6.07) is 13.4. The molecule has 6 nitrogen and oxygen atoms in total. The van der Waals surface area contributed by atoms with Crippen LogP contribution < -0.4 is 15.4 Å². The molecule has 0 spiro atoms. The number of nitrogens with one attached hydrogen (secondary N) is 2. The van der Waals surface area contributed by atoms with E-state index in [9.17, 15) is 10.1 Å². The molecular formula is C14H13N3O3S. The number of non-ortho nitro benzene ring substituents is 1. The van der Waals surface area contributed by atoms with E-state index in [1.807, 2.05) is 18.2 Å². The van der Waals surface area contributed by atoms with E-state index in [1.54, 1.807) is 25.3 Å². The third-order valence-corrected chi connectivity index (χ3v) is 2.87. The number of rotatable bonds is 4. The van der Waals surface area contributed by atoms with Crippen LogP contribution in [0.15, 0.2) is 48.5 Å². The Bertz CT molecular complexity index is 676. The van der Waals surface area contributed by atoms with Crippen LogP contribution in [0.4, 0.5) is 17.1 Å². The summed E-state index contributed by atoms with van der Waals surface area (Å²) in [6.45, 7) is 0. The maximum atomic E-state index is 10.7. The van der Waals surface area contributed by atoms with Gasteiger partial charge >= 0.3 is 0 Å². The molecule has 0 bridgehead atoms. The Morgan fingerprint density at radius 1 is 1.19 bits per heavy atom. The number of nitro groups is 1. The van der Waals surface area contributed by atoms with Crippen LogP contribution in [-0.4, -0.2) is 17.1 Å². The van der Waals surface area contributed by atoms with Gasteiger partial charge in [0.2, 0.25) is 0 Å². The topological polar surface area (TPSA) is 76.4 Å². The van der Waals surface area contributed by atoms with Crippen LogP contribution in [0.2, 0.25) is 0 Å². The molecule has 0 saturated carbocycles. The van der Waals surface area contributed by atoms with Crippen LogP contribution in [0.1, 0.15) is 0 Å². The first-order valence-corrected chi connectivity index (χ1v) is 6.46. The maximum absolute atomic E-state index is 10.7. The molecule has 2 aromatic rings. The fraction of sp³-hybridized carbons (Fsp3) is 0.0714. The predicted octanol–water partition coefficient (Wildman–Crippen LogP) is 3.41. The Kier molecular flexibility index (Phi) is 4.68. The molecule has 7 heteroatoms.